The standard InChI is InChI=1S/C19H16N.3C18H14N.4Ir/c1-14-8-10-16(11-9-14)17-6-3-7-18(13-17)19-15(2)5-4-12-20-19;1-14-6-4-7-15(12-14)16-8-5-9-17(13-16)18-10-2-3-11-19-18;1-14-10-11-18(19-13-14)17-9-5-8-16(12-17)15-6-3-2-4-7-15;1-14-10-11-19-18(12-14)17-9-5-8-16(13-17)15-6-3-2-4-7-15;;;;/h3-6,8-13H,1-2H3;3*2-8,10-13H,1H3;;;;/q4*-1;;;;. The third-order valence-electron chi connectivity index (χ3n) is 12.7. The van der Waals surface area contributed by atoms with E-state index in [4.69, 9.17) is 0 Å². The van der Waals surface area contributed by atoms with Crippen LogP contribution in [0, 0.1) is 58.9 Å². The summed E-state index contributed by atoms with van der Waals surface area (Å²) in [5.41, 5.74) is 23.8. The molecule has 410 valence electrons. The molecular weight excluding hydrogens is 1700 g/mol. The minimum absolute atomic E-state index is 0. The molecule has 81 heavy (non-hydrogen) atoms. The summed E-state index contributed by atoms with van der Waals surface area (Å²) in [5.74, 6) is 0. The van der Waals surface area contributed by atoms with E-state index in [1.165, 1.54) is 72.3 Å². The Balaban J connectivity index is 0.000000195. The molecule has 0 atom stereocenters. The van der Waals surface area contributed by atoms with Gasteiger partial charge in [-0.15, -0.1) is 142 Å². The number of rotatable bonds is 8. The van der Waals surface area contributed by atoms with Crippen LogP contribution in [-0.4, -0.2) is 19.9 Å². The molecule has 8 heteroatoms. The van der Waals surface area contributed by atoms with E-state index in [1.54, 1.807) is 0 Å². The molecule has 0 unspecified atom stereocenters. The molecule has 0 amide bonds. The second kappa shape index (κ2) is 33.0. The van der Waals surface area contributed by atoms with E-state index in [0.29, 0.717) is 0 Å². The molecule has 0 fully saturated rings. The molecule has 0 saturated heterocycles. The fourth-order valence-corrected chi connectivity index (χ4v) is 8.60. The van der Waals surface area contributed by atoms with Crippen LogP contribution in [0.1, 0.15) is 27.8 Å². The summed E-state index contributed by atoms with van der Waals surface area (Å²) >= 11 is 0. The second-order valence-corrected chi connectivity index (χ2v) is 18.8. The second-order valence-electron chi connectivity index (χ2n) is 18.8. The number of benzene rings is 8. The van der Waals surface area contributed by atoms with Gasteiger partial charge in [-0.3, -0.25) is 0 Å². The molecule has 0 N–H and O–H groups in total. The van der Waals surface area contributed by atoms with Crippen LogP contribution in [0.4, 0.5) is 0 Å². The molecule has 0 spiro atoms. The van der Waals surface area contributed by atoms with E-state index in [-0.39, 0.29) is 80.4 Å². The van der Waals surface area contributed by atoms with E-state index in [2.05, 4.69) is 236 Å². The van der Waals surface area contributed by atoms with Gasteiger partial charge in [0.1, 0.15) is 0 Å². The predicted molar refractivity (Wildman–Crippen MR) is 319 cm³/mol. The van der Waals surface area contributed by atoms with Crippen molar-refractivity contribution in [2.45, 2.75) is 34.6 Å². The average molecular weight is 1760 g/mol. The van der Waals surface area contributed by atoms with Crippen LogP contribution < -0.4 is 0 Å². The minimum atomic E-state index is 0. The Hall–Kier alpha value is -7.04. The van der Waals surface area contributed by atoms with Crippen molar-refractivity contribution in [2.75, 3.05) is 0 Å². The van der Waals surface area contributed by atoms with Crippen LogP contribution in [-0.2, 0) is 80.4 Å². The van der Waals surface area contributed by atoms with E-state index in [1.807, 2.05) is 105 Å². The Bertz CT molecular complexity index is 3680. The zero-order chi connectivity index (χ0) is 53.2. The summed E-state index contributed by atoms with van der Waals surface area (Å²) < 4.78 is 0. The molecule has 8 aromatic carbocycles. The quantitative estimate of drug-likeness (QED) is 0.142. The minimum Gasteiger partial charge on any atom is -0.305 e. The summed E-state index contributed by atoms with van der Waals surface area (Å²) in [6, 6.07) is 93.8. The number of nitrogens with zero attached hydrogens (tertiary/aromatic N) is 4. The maximum atomic E-state index is 4.47. The van der Waals surface area contributed by atoms with E-state index in [9.17, 15) is 0 Å². The van der Waals surface area contributed by atoms with Gasteiger partial charge in [0.25, 0.3) is 0 Å². The van der Waals surface area contributed by atoms with Gasteiger partial charge in [-0.2, -0.15) is 0 Å². The maximum absolute atomic E-state index is 4.47. The van der Waals surface area contributed by atoms with Gasteiger partial charge < -0.3 is 19.9 Å². The Labute approximate surface area is 533 Å². The van der Waals surface area contributed by atoms with Gasteiger partial charge in [-0.25, -0.2) is 0 Å². The molecule has 12 aromatic rings. The maximum Gasteiger partial charge on any atom is 0.0190 e. The van der Waals surface area contributed by atoms with Crippen LogP contribution in [0.3, 0.4) is 0 Å². The van der Waals surface area contributed by atoms with Crippen molar-refractivity contribution < 1.29 is 80.4 Å². The SMILES string of the molecule is Cc1ccc(-c2[c-]ccc(-c3ccccc3)c2)nc1.Cc1ccc(-c2cc[c-]c(-c3ncccc3C)c2)cc1.Cc1cccc(-c2cc[c-]c(-c3ccccn3)c2)c1.Cc1ccnc(-c2[c-]ccc(-c3ccccc3)c2)c1.[Ir].[Ir].[Ir].[Ir]. The summed E-state index contributed by atoms with van der Waals surface area (Å²) in [6.07, 6.45) is 7.36. The third-order valence-corrected chi connectivity index (χ3v) is 12.7. The van der Waals surface area contributed by atoms with Crippen molar-refractivity contribution in [1.82, 2.24) is 19.9 Å². The number of hydrogen-bond donors (Lipinski definition) is 0. The summed E-state index contributed by atoms with van der Waals surface area (Å²) in [7, 11) is 0. The van der Waals surface area contributed by atoms with E-state index in [0.717, 1.165) is 45.0 Å². The molecule has 0 aliphatic rings. The first-order valence-corrected chi connectivity index (χ1v) is 25.7. The molecule has 4 aromatic heterocycles. The molecule has 0 saturated carbocycles. The summed E-state index contributed by atoms with van der Waals surface area (Å²) in [5, 5.41) is 0. The summed E-state index contributed by atoms with van der Waals surface area (Å²) in [6.45, 7) is 10.4. The van der Waals surface area contributed by atoms with Crippen molar-refractivity contribution in [1.29, 1.82) is 0 Å². The molecule has 4 nitrogen and oxygen atoms in total. The van der Waals surface area contributed by atoms with Gasteiger partial charge >= 0.3 is 0 Å². The third kappa shape index (κ3) is 18.8. The first-order chi connectivity index (χ1) is 37.7. The van der Waals surface area contributed by atoms with Gasteiger partial charge in [0, 0.05) is 105 Å². The monoisotopic (exact) mass is 1760 g/mol. The van der Waals surface area contributed by atoms with Crippen LogP contribution in [0.25, 0.3) is 89.5 Å². The molecule has 0 aliphatic carbocycles. The first-order valence-electron chi connectivity index (χ1n) is 25.7. The smallest absolute Gasteiger partial charge is 0.0190 e. The number of aryl methyl sites for hydroxylation is 5. The molecule has 4 radical (unpaired) electrons. The zero-order valence-electron chi connectivity index (χ0n) is 45.4. The number of hydrogen-bond acceptors (Lipinski definition) is 4. The number of aromatic nitrogens is 4. The fourth-order valence-electron chi connectivity index (χ4n) is 8.60. The van der Waals surface area contributed by atoms with E-state index >= 15 is 0 Å². The Morgan fingerprint density at radius 2 is 0.704 bits per heavy atom. The van der Waals surface area contributed by atoms with Crippen LogP contribution in [0.15, 0.2) is 261 Å². The molecule has 4 heterocycles. The fraction of sp³-hybridized carbons (Fsp3) is 0.0685. The van der Waals surface area contributed by atoms with Crippen LogP contribution in [0.2, 0.25) is 0 Å². The normalized spacial score (nSPS) is 9.89. The number of pyridine rings is 4. The first kappa shape index (κ1) is 64.8. The molecular formula is C73H58Ir4N4-4. The Morgan fingerprint density at radius 3 is 1.22 bits per heavy atom. The van der Waals surface area contributed by atoms with Crippen molar-refractivity contribution in [3.05, 3.63) is 313 Å². The summed E-state index contributed by atoms with van der Waals surface area (Å²) in [4.78, 5) is 17.7. The Kier molecular flexibility index (Phi) is 26.4. The molecule has 0 bridgehead atoms. The van der Waals surface area contributed by atoms with Crippen LogP contribution >= 0.6 is 0 Å². The zero-order valence-corrected chi connectivity index (χ0v) is 55.0. The van der Waals surface area contributed by atoms with Crippen molar-refractivity contribution in [2.24, 2.45) is 0 Å². The molecule has 0 aliphatic heterocycles. The van der Waals surface area contributed by atoms with Gasteiger partial charge in [-0.1, -0.05) is 168 Å². The molecule has 12 rings (SSSR count). The van der Waals surface area contributed by atoms with Gasteiger partial charge in [0.05, 0.1) is 0 Å². The van der Waals surface area contributed by atoms with E-state index < -0.39 is 0 Å². The predicted octanol–water partition coefficient (Wildman–Crippen LogP) is 18.4. The largest absolute Gasteiger partial charge is 0.305 e. The van der Waals surface area contributed by atoms with Gasteiger partial charge in [0.2, 0.25) is 0 Å². The van der Waals surface area contributed by atoms with Crippen LogP contribution in [0.5, 0.6) is 0 Å². The van der Waals surface area contributed by atoms with Gasteiger partial charge in [-0.05, 0) is 103 Å². The van der Waals surface area contributed by atoms with Crippen molar-refractivity contribution in [3.8, 4) is 89.5 Å². The average Bonchev–Trinajstić information content (AvgIpc) is 3.49. The topological polar surface area (TPSA) is 51.6 Å². The van der Waals surface area contributed by atoms with Crippen molar-refractivity contribution in [3.63, 3.8) is 0 Å². The van der Waals surface area contributed by atoms with Crippen molar-refractivity contribution >= 4 is 0 Å². The van der Waals surface area contributed by atoms with Gasteiger partial charge in [0.15, 0.2) is 0 Å². The Morgan fingerprint density at radius 1 is 0.259 bits per heavy atom.